The third kappa shape index (κ3) is 2.19. The fourth-order valence-corrected chi connectivity index (χ4v) is 1.52. The molecule has 1 saturated carbocycles. The first-order valence-corrected chi connectivity index (χ1v) is 4.20. The fraction of sp³-hybridized carbons (Fsp3) is 0.600. The maximum atomic E-state index is 8.67. The number of aliphatic hydroxyl groups excluding tert-OH is 1. The first kappa shape index (κ1) is 8.54. The number of allylic oxidation sites excluding steroid dienone is 2. The van der Waals surface area contributed by atoms with Crippen molar-refractivity contribution in [1.82, 2.24) is 0 Å². The Morgan fingerprint density at radius 1 is 1.64 bits per heavy atom. The summed E-state index contributed by atoms with van der Waals surface area (Å²) < 4.78 is 0. The van der Waals surface area contributed by atoms with Gasteiger partial charge in [-0.3, -0.25) is 0 Å². The molecule has 1 aliphatic carbocycles. The molecule has 0 aliphatic heterocycles. The lowest BCUT2D eigenvalue weighted by Crippen LogP contribution is -2.07. The van der Waals surface area contributed by atoms with Gasteiger partial charge >= 0.3 is 0 Å². The lowest BCUT2D eigenvalue weighted by Gasteiger charge is -2.23. The van der Waals surface area contributed by atoms with E-state index >= 15 is 0 Å². The molecule has 0 aromatic rings. The number of aliphatic hydroxyl groups is 1. The van der Waals surface area contributed by atoms with E-state index in [4.69, 9.17) is 5.11 Å². The van der Waals surface area contributed by atoms with Gasteiger partial charge in [0.05, 0.1) is 6.61 Å². The van der Waals surface area contributed by atoms with Gasteiger partial charge in [0, 0.05) is 0 Å². The average Bonchev–Trinajstić information content (AvgIpc) is 1.98. The molecule has 62 valence electrons. The van der Waals surface area contributed by atoms with Gasteiger partial charge in [-0.1, -0.05) is 30.7 Å². The summed E-state index contributed by atoms with van der Waals surface area (Å²) in [7, 11) is 0. The molecule has 1 nitrogen and oxygen atoms in total. The van der Waals surface area contributed by atoms with Crippen LogP contribution in [0.4, 0.5) is 0 Å². The Balaban J connectivity index is 2.52. The van der Waals surface area contributed by atoms with Crippen LogP contribution in [0.15, 0.2) is 23.8 Å². The zero-order chi connectivity index (χ0) is 8.27. The van der Waals surface area contributed by atoms with Crippen LogP contribution in [-0.4, -0.2) is 11.7 Å². The van der Waals surface area contributed by atoms with Gasteiger partial charge in [0.1, 0.15) is 0 Å². The van der Waals surface area contributed by atoms with E-state index in [1.165, 1.54) is 11.1 Å². The molecule has 1 atom stereocenters. The van der Waals surface area contributed by atoms with Crippen molar-refractivity contribution in [1.29, 1.82) is 0 Å². The summed E-state index contributed by atoms with van der Waals surface area (Å²) in [5, 5.41) is 8.67. The highest BCUT2D eigenvalue weighted by Crippen LogP contribution is 2.31. The summed E-state index contributed by atoms with van der Waals surface area (Å²) in [6.07, 6.45) is 5.24. The summed E-state index contributed by atoms with van der Waals surface area (Å²) in [4.78, 5) is 0. The predicted molar refractivity (Wildman–Crippen MR) is 47.3 cm³/mol. The van der Waals surface area contributed by atoms with E-state index in [-0.39, 0.29) is 6.61 Å². The molecule has 1 aliphatic rings. The maximum Gasteiger partial charge on any atom is 0.0615 e. The summed E-state index contributed by atoms with van der Waals surface area (Å²) in [6, 6.07) is 0. The van der Waals surface area contributed by atoms with Crippen LogP contribution in [0.25, 0.3) is 0 Å². The second kappa shape index (κ2) is 3.72. The molecule has 0 spiro atoms. The zero-order valence-corrected chi connectivity index (χ0v) is 7.14. The van der Waals surface area contributed by atoms with Crippen LogP contribution >= 0.6 is 0 Å². The number of hydrogen-bond acceptors (Lipinski definition) is 1. The summed E-state index contributed by atoms with van der Waals surface area (Å²) in [6.45, 7) is 6.39. The predicted octanol–water partition coefficient (Wildman–Crippen LogP) is 2.28. The van der Waals surface area contributed by atoms with Crippen LogP contribution in [0.1, 0.15) is 26.2 Å². The van der Waals surface area contributed by atoms with Gasteiger partial charge in [-0.05, 0) is 25.2 Å². The number of rotatable bonds is 1. The minimum absolute atomic E-state index is 0.189. The minimum Gasteiger partial charge on any atom is -0.392 e. The first-order chi connectivity index (χ1) is 5.24. The average molecular weight is 152 g/mol. The third-order valence-electron chi connectivity index (χ3n) is 2.41. The van der Waals surface area contributed by atoms with Crippen molar-refractivity contribution in [2.45, 2.75) is 26.2 Å². The Labute approximate surface area is 68.4 Å². The molecule has 0 heterocycles. The summed E-state index contributed by atoms with van der Waals surface area (Å²) in [5.74, 6) is 0.613. The quantitative estimate of drug-likeness (QED) is 0.571. The standard InChI is InChI=1S/C10H16O/c1-8-3-4-10(5-6-11)7-9(8)2/h5,9,11H,1,3-4,6-7H2,2H3. The fourth-order valence-electron chi connectivity index (χ4n) is 1.52. The van der Waals surface area contributed by atoms with Crippen LogP contribution in [0.3, 0.4) is 0 Å². The van der Waals surface area contributed by atoms with Gasteiger partial charge in [-0.15, -0.1) is 0 Å². The highest BCUT2D eigenvalue weighted by molar-refractivity contribution is 5.16. The molecule has 0 aromatic heterocycles. The van der Waals surface area contributed by atoms with Crippen molar-refractivity contribution in [2.75, 3.05) is 6.61 Å². The van der Waals surface area contributed by atoms with Crippen LogP contribution in [-0.2, 0) is 0 Å². The van der Waals surface area contributed by atoms with E-state index in [0.29, 0.717) is 5.92 Å². The lowest BCUT2D eigenvalue weighted by atomic mass is 9.83. The van der Waals surface area contributed by atoms with Gasteiger partial charge < -0.3 is 5.11 Å². The molecule has 11 heavy (non-hydrogen) atoms. The van der Waals surface area contributed by atoms with Gasteiger partial charge in [-0.25, -0.2) is 0 Å². The van der Waals surface area contributed by atoms with E-state index in [2.05, 4.69) is 13.5 Å². The second-order valence-corrected chi connectivity index (χ2v) is 3.31. The maximum absolute atomic E-state index is 8.67. The van der Waals surface area contributed by atoms with E-state index in [0.717, 1.165) is 19.3 Å². The van der Waals surface area contributed by atoms with Gasteiger partial charge in [0.25, 0.3) is 0 Å². The molecule has 0 amide bonds. The van der Waals surface area contributed by atoms with Gasteiger partial charge in [0.2, 0.25) is 0 Å². The molecule has 1 N–H and O–H groups in total. The van der Waals surface area contributed by atoms with Crippen molar-refractivity contribution in [3.05, 3.63) is 23.8 Å². The number of hydrogen-bond donors (Lipinski definition) is 1. The van der Waals surface area contributed by atoms with Crippen molar-refractivity contribution >= 4 is 0 Å². The Morgan fingerprint density at radius 2 is 2.36 bits per heavy atom. The summed E-state index contributed by atoms with van der Waals surface area (Å²) in [5.41, 5.74) is 2.76. The molecule has 1 unspecified atom stereocenters. The van der Waals surface area contributed by atoms with Crippen molar-refractivity contribution < 1.29 is 5.11 Å². The first-order valence-electron chi connectivity index (χ1n) is 4.20. The lowest BCUT2D eigenvalue weighted by molar-refractivity contribution is 0.340. The van der Waals surface area contributed by atoms with Crippen molar-refractivity contribution in [3.8, 4) is 0 Å². The highest BCUT2D eigenvalue weighted by atomic mass is 16.2. The van der Waals surface area contributed by atoms with E-state index in [1.54, 1.807) is 0 Å². The molecule has 1 rings (SSSR count). The van der Waals surface area contributed by atoms with Crippen LogP contribution in [0, 0.1) is 5.92 Å². The van der Waals surface area contributed by atoms with Crippen LogP contribution < -0.4 is 0 Å². The van der Waals surface area contributed by atoms with E-state index in [9.17, 15) is 0 Å². The molecular weight excluding hydrogens is 136 g/mol. The second-order valence-electron chi connectivity index (χ2n) is 3.31. The molecule has 0 radical (unpaired) electrons. The normalized spacial score (nSPS) is 29.5. The van der Waals surface area contributed by atoms with E-state index in [1.807, 2.05) is 6.08 Å². The van der Waals surface area contributed by atoms with E-state index < -0.39 is 0 Å². The smallest absolute Gasteiger partial charge is 0.0615 e. The minimum atomic E-state index is 0.189. The Morgan fingerprint density at radius 3 is 2.91 bits per heavy atom. The van der Waals surface area contributed by atoms with Crippen LogP contribution in [0.2, 0.25) is 0 Å². The van der Waals surface area contributed by atoms with Gasteiger partial charge in [-0.2, -0.15) is 0 Å². The molecule has 1 heteroatoms. The monoisotopic (exact) mass is 152 g/mol. The SMILES string of the molecule is C=C1CCC(=CCO)CC1C. The van der Waals surface area contributed by atoms with Gasteiger partial charge in [0.15, 0.2) is 0 Å². The Hall–Kier alpha value is -0.560. The molecule has 0 bridgehead atoms. The topological polar surface area (TPSA) is 20.2 Å². The molecular formula is C10H16O. The largest absolute Gasteiger partial charge is 0.392 e. The zero-order valence-electron chi connectivity index (χ0n) is 7.14. The molecule has 1 fully saturated rings. The summed E-state index contributed by atoms with van der Waals surface area (Å²) >= 11 is 0. The highest BCUT2D eigenvalue weighted by Gasteiger charge is 2.15. The van der Waals surface area contributed by atoms with Crippen molar-refractivity contribution in [2.24, 2.45) is 5.92 Å². The van der Waals surface area contributed by atoms with Crippen molar-refractivity contribution in [3.63, 3.8) is 0 Å². The molecule has 0 aromatic carbocycles. The Bertz CT molecular complexity index is 179. The third-order valence-corrected chi connectivity index (χ3v) is 2.41. The Kier molecular flexibility index (Phi) is 2.89. The molecule has 0 saturated heterocycles. The van der Waals surface area contributed by atoms with Crippen LogP contribution in [0.5, 0.6) is 0 Å².